The molecule has 1 aromatic rings. The number of benzene rings is 1. The minimum Gasteiger partial charge on any atom is -0.352 e. The molecule has 3 nitrogen and oxygen atoms in total. The number of nitrogens with two attached hydrogens (primary N) is 1. The van der Waals surface area contributed by atoms with Crippen LogP contribution in [0.4, 0.5) is 26.3 Å². The van der Waals surface area contributed by atoms with Crippen LogP contribution < -0.4 is 11.1 Å². The summed E-state index contributed by atoms with van der Waals surface area (Å²) in [6.45, 7) is -0.405. The molecule has 0 radical (unpaired) electrons. The maximum Gasteiger partial charge on any atom is 0.416 e. The highest BCUT2D eigenvalue weighted by Crippen LogP contribution is 2.36. The number of alkyl halides is 6. The van der Waals surface area contributed by atoms with Crippen molar-refractivity contribution in [3.8, 4) is 0 Å². The summed E-state index contributed by atoms with van der Waals surface area (Å²) in [4.78, 5) is 11.9. The lowest BCUT2D eigenvalue weighted by atomic mass is 10.0. The molecule has 3 N–H and O–H groups in total. The molecule has 24 heavy (non-hydrogen) atoms. The van der Waals surface area contributed by atoms with Crippen molar-refractivity contribution in [3.63, 3.8) is 0 Å². The van der Waals surface area contributed by atoms with Gasteiger partial charge in [-0.25, -0.2) is 0 Å². The van der Waals surface area contributed by atoms with Gasteiger partial charge in [0, 0.05) is 18.5 Å². The average Bonchev–Trinajstić information content (AvgIpc) is 2.89. The molecule has 1 aromatic carbocycles. The highest BCUT2D eigenvalue weighted by Gasteiger charge is 2.37. The Kier molecular flexibility index (Phi) is 5.12. The highest BCUT2D eigenvalue weighted by molar-refractivity contribution is 5.79. The molecule has 0 bridgehead atoms. The molecule has 0 heterocycles. The average molecular weight is 354 g/mol. The maximum absolute atomic E-state index is 12.8. The Morgan fingerprint density at radius 1 is 1.04 bits per heavy atom. The normalized spacial score (nSPS) is 21.8. The molecule has 9 heteroatoms. The largest absolute Gasteiger partial charge is 0.416 e. The van der Waals surface area contributed by atoms with E-state index in [0.29, 0.717) is 31.4 Å². The van der Waals surface area contributed by atoms with E-state index < -0.39 is 35.9 Å². The maximum atomic E-state index is 12.8. The molecule has 0 aromatic heterocycles. The van der Waals surface area contributed by atoms with E-state index in [9.17, 15) is 31.1 Å². The second-order valence-corrected chi connectivity index (χ2v) is 5.90. The first kappa shape index (κ1) is 18.6. The Morgan fingerprint density at radius 2 is 1.58 bits per heavy atom. The molecule has 1 fully saturated rings. The number of hydrogen-bond donors (Lipinski definition) is 2. The predicted octanol–water partition coefficient (Wildman–Crippen LogP) is 3.47. The van der Waals surface area contributed by atoms with Crippen LogP contribution in [0.25, 0.3) is 0 Å². The topological polar surface area (TPSA) is 55.1 Å². The van der Waals surface area contributed by atoms with Crippen LogP contribution in [0.3, 0.4) is 0 Å². The summed E-state index contributed by atoms with van der Waals surface area (Å²) < 4.78 is 76.5. The Bertz CT molecular complexity index is 579. The molecule has 1 aliphatic rings. The molecule has 1 saturated carbocycles. The molecule has 134 valence electrons. The zero-order valence-electron chi connectivity index (χ0n) is 12.5. The molecule has 0 unspecified atom stereocenters. The third-order valence-corrected chi connectivity index (χ3v) is 3.96. The van der Waals surface area contributed by atoms with Crippen molar-refractivity contribution in [1.82, 2.24) is 5.32 Å². The summed E-state index contributed by atoms with van der Waals surface area (Å²) in [6.07, 6.45) is -8.12. The van der Waals surface area contributed by atoms with Gasteiger partial charge in [-0.1, -0.05) is 0 Å². The van der Waals surface area contributed by atoms with Gasteiger partial charge in [-0.2, -0.15) is 26.3 Å². The molecule has 2 atom stereocenters. The van der Waals surface area contributed by atoms with Crippen LogP contribution in [0.2, 0.25) is 0 Å². The Morgan fingerprint density at radius 3 is 2.00 bits per heavy atom. The van der Waals surface area contributed by atoms with Gasteiger partial charge in [-0.3, -0.25) is 4.79 Å². The van der Waals surface area contributed by atoms with Crippen molar-refractivity contribution in [2.45, 2.75) is 44.2 Å². The molecule has 2 rings (SSSR count). The van der Waals surface area contributed by atoms with Crippen LogP contribution in [0.1, 0.15) is 36.0 Å². The first-order valence-corrected chi connectivity index (χ1v) is 7.28. The standard InChI is InChI=1S/C15H16F6N2O/c16-14(17,18)10-3-8(4-11(6-10)15(19,20)21)7-23-13(24)9-1-2-12(22)5-9/h3-4,6,9,12H,1-2,5,7,22H2,(H,23,24)/t9-,12+/m0/s1. The summed E-state index contributed by atoms with van der Waals surface area (Å²) in [5.74, 6) is -0.762. The van der Waals surface area contributed by atoms with Crippen LogP contribution in [0.15, 0.2) is 18.2 Å². The van der Waals surface area contributed by atoms with Crippen molar-refractivity contribution >= 4 is 5.91 Å². The van der Waals surface area contributed by atoms with Gasteiger partial charge in [0.05, 0.1) is 11.1 Å². The second-order valence-electron chi connectivity index (χ2n) is 5.90. The first-order valence-electron chi connectivity index (χ1n) is 7.28. The first-order chi connectivity index (χ1) is 11.0. The smallest absolute Gasteiger partial charge is 0.352 e. The van der Waals surface area contributed by atoms with E-state index in [4.69, 9.17) is 5.73 Å². The van der Waals surface area contributed by atoms with Crippen LogP contribution >= 0.6 is 0 Å². The van der Waals surface area contributed by atoms with Gasteiger partial charge in [-0.05, 0) is 43.0 Å². The minimum atomic E-state index is -4.90. The second kappa shape index (κ2) is 6.62. The quantitative estimate of drug-likeness (QED) is 0.817. The van der Waals surface area contributed by atoms with Gasteiger partial charge in [0.2, 0.25) is 5.91 Å². The minimum absolute atomic E-state index is 0.0569. The van der Waals surface area contributed by atoms with E-state index >= 15 is 0 Å². The molecular formula is C15H16F6N2O. The molecule has 1 aliphatic carbocycles. The lowest BCUT2D eigenvalue weighted by Crippen LogP contribution is -2.30. The van der Waals surface area contributed by atoms with Crippen LogP contribution in [-0.2, 0) is 23.7 Å². The van der Waals surface area contributed by atoms with E-state index in [2.05, 4.69) is 5.32 Å². The number of rotatable bonds is 3. The van der Waals surface area contributed by atoms with Gasteiger partial charge >= 0.3 is 12.4 Å². The number of carbonyl (C=O) groups is 1. The van der Waals surface area contributed by atoms with E-state index in [1.165, 1.54) is 0 Å². The predicted molar refractivity (Wildman–Crippen MR) is 73.6 cm³/mol. The zero-order chi connectivity index (χ0) is 18.1. The van der Waals surface area contributed by atoms with Crippen LogP contribution in [0.5, 0.6) is 0 Å². The van der Waals surface area contributed by atoms with E-state index in [1.54, 1.807) is 0 Å². The summed E-state index contributed by atoms with van der Waals surface area (Å²) in [5, 5.41) is 2.39. The number of hydrogen-bond acceptors (Lipinski definition) is 2. The van der Waals surface area contributed by atoms with Gasteiger partial charge in [0.1, 0.15) is 0 Å². The molecule has 1 amide bonds. The van der Waals surface area contributed by atoms with E-state index in [1.807, 2.05) is 0 Å². The molecule has 0 spiro atoms. The Labute approximate surface area is 134 Å². The van der Waals surface area contributed by atoms with Crippen molar-refractivity contribution in [2.24, 2.45) is 11.7 Å². The van der Waals surface area contributed by atoms with Crippen molar-refractivity contribution in [1.29, 1.82) is 0 Å². The number of halogens is 6. The molecule has 0 aliphatic heterocycles. The monoisotopic (exact) mass is 354 g/mol. The third kappa shape index (κ3) is 4.62. The lowest BCUT2D eigenvalue weighted by Gasteiger charge is -2.15. The van der Waals surface area contributed by atoms with Crippen LogP contribution in [-0.4, -0.2) is 11.9 Å². The summed E-state index contributed by atoms with van der Waals surface area (Å²) in [6, 6.07) is 1.17. The number of nitrogens with one attached hydrogen (secondary N) is 1. The summed E-state index contributed by atoms with van der Waals surface area (Å²) in [5.41, 5.74) is 2.62. The van der Waals surface area contributed by atoms with Crippen molar-refractivity contribution < 1.29 is 31.1 Å². The highest BCUT2D eigenvalue weighted by atomic mass is 19.4. The number of carbonyl (C=O) groups excluding carboxylic acids is 1. The molecular weight excluding hydrogens is 338 g/mol. The Balaban J connectivity index is 2.15. The third-order valence-electron chi connectivity index (χ3n) is 3.96. The molecule has 0 saturated heterocycles. The summed E-state index contributed by atoms with van der Waals surface area (Å²) >= 11 is 0. The fourth-order valence-corrected chi connectivity index (χ4v) is 2.71. The van der Waals surface area contributed by atoms with Gasteiger partial charge in [0.25, 0.3) is 0 Å². The summed E-state index contributed by atoms with van der Waals surface area (Å²) in [7, 11) is 0. The number of amides is 1. The van der Waals surface area contributed by atoms with Gasteiger partial charge in [-0.15, -0.1) is 0 Å². The fourth-order valence-electron chi connectivity index (χ4n) is 2.71. The van der Waals surface area contributed by atoms with Gasteiger partial charge in [0.15, 0.2) is 0 Å². The van der Waals surface area contributed by atoms with Crippen molar-refractivity contribution in [3.05, 3.63) is 34.9 Å². The van der Waals surface area contributed by atoms with Crippen LogP contribution in [0, 0.1) is 5.92 Å². The lowest BCUT2D eigenvalue weighted by molar-refractivity contribution is -0.143. The Hall–Kier alpha value is -1.77. The SMILES string of the molecule is N[C@@H]1CC[C@H](C(=O)NCc2cc(C(F)(F)F)cc(C(F)(F)F)c2)C1. The van der Waals surface area contributed by atoms with Gasteiger partial charge < -0.3 is 11.1 Å². The van der Waals surface area contributed by atoms with E-state index in [-0.39, 0.29) is 23.6 Å². The van der Waals surface area contributed by atoms with Crippen molar-refractivity contribution in [2.75, 3.05) is 0 Å². The van der Waals surface area contributed by atoms with E-state index in [0.717, 1.165) is 0 Å². The zero-order valence-corrected chi connectivity index (χ0v) is 12.5. The fraction of sp³-hybridized carbons (Fsp3) is 0.533.